The van der Waals surface area contributed by atoms with E-state index in [4.69, 9.17) is 13.7 Å². The number of anilines is 1. The number of rotatable bonds is 12. The van der Waals surface area contributed by atoms with E-state index < -0.39 is 29.7 Å². The van der Waals surface area contributed by atoms with E-state index in [-0.39, 0.29) is 42.3 Å². The zero-order valence-corrected chi connectivity index (χ0v) is 32.7. The number of carbonyl (C=O) groups excluding carboxylic acids is 2. The summed E-state index contributed by atoms with van der Waals surface area (Å²) in [6.45, 7) is 14.2. The number of sulfonamides is 1. The SMILES string of the molecule is COC(=O)c1nc2ccccc2n1Cc1ccc(-c2ccccc2S(=O)(=O)N(CO[Si](C)(C)C)c2onc(C)c2C)c(CN2CCC(C)(C)C2=O)c1. The highest BCUT2D eigenvalue weighted by Crippen LogP contribution is 2.38. The molecule has 0 radical (unpaired) electrons. The number of para-hydroxylation sites is 2. The molecule has 12 nitrogen and oxygen atoms in total. The van der Waals surface area contributed by atoms with Crippen LogP contribution >= 0.6 is 0 Å². The third-order valence-corrected chi connectivity index (χ3v) is 12.2. The molecule has 14 heteroatoms. The minimum atomic E-state index is -4.28. The largest absolute Gasteiger partial charge is 0.463 e. The number of methoxy groups -OCH3 is 1. The number of aryl methyl sites for hydroxylation is 1. The summed E-state index contributed by atoms with van der Waals surface area (Å²) in [6.07, 6.45) is 0.706. The van der Waals surface area contributed by atoms with Crippen molar-refractivity contribution in [1.29, 1.82) is 0 Å². The van der Waals surface area contributed by atoms with Gasteiger partial charge in [0.1, 0.15) is 6.73 Å². The molecule has 1 aliphatic heterocycles. The molecule has 0 atom stereocenters. The molecule has 1 amide bonds. The van der Waals surface area contributed by atoms with E-state index in [2.05, 4.69) is 10.1 Å². The van der Waals surface area contributed by atoms with Crippen LogP contribution in [0.4, 0.5) is 5.88 Å². The van der Waals surface area contributed by atoms with E-state index >= 15 is 0 Å². The Labute approximate surface area is 305 Å². The number of benzene rings is 3. The Morgan fingerprint density at radius 2 is 1.71 bits per heavy atom. The number of nitrogens with zero attached hydrogens (tertiary/aromatic N) is 5. The first-order valence-electron chi connectivity index (χ1n) is 17.2. The van der Waals surface area contributed by atoms with Gasteiger partial charge in [0.15, 0.2) is 8.32 Å². The molecule has 0 unspecified atom stereocenters. The summed E-state index contributed by atoms with van der Waals surface area (Å²) < 4.78 is 49.3. The number of hydrogen-bond donors (Lipinski definition) is 0. The molecule has 0 N–H and O–H groups in total. The van der Waals surface area contributed by atoms with Crippen molar-refractivity contribution in [2.24, 2.45) is 5.41 Å². The van der Waals surface area contributed by atoms with Crippen molar-refractivity contribution in [1.82, 2.24) is 19.6 Å². The average Bonchev–Trinajstić information content (AvgIpc) is 3.72. The lowest BCUT2D eigenvalue weighted by Gasteiger charge is -2.27. The van der Waals surface area contributed by atoms with Crippen LogP contribution in [-0.2, 0) is 37.1 Å². The Kier molecular flexibility index (Phi) is 9.94. The third kappa shape index (κ3) is 7.14. The predicted octanol–water partition coefficient (Wildman–Crippen LogP) is 6.91. The van der Waals surface area contributed by atoms with Crippen LogP contribution in [0.3, 0.4) is 0 Å². The zero-order valence-electron chi connectivity index (χ0n) is 30.9. The molecule has 5 aromatic rings. The molecule has 0 saturated carbocycles. The number of ether oxygens (including phenoxy) is 1. The van der Waals surface area contributed by atoms with Gasteiger partial charge < -0.3 is 23.2 Å². The van der Waals surface area contributed by atoms with Gasteiger partial charge in [0.25, 0.3) is 10.0 Å². The molecule has 52 heavy (non-hydrogen) atoms. The summed E-state index contributed by atoms with van der Waals surface area (Å²) in [5.74, 6) is -0.262. The second kappa shape index (κ2) is 14.0. The second-order valence-electron chi connectivity index (χ2n) is 14.8. The molecular formula is C38H45N5O7SSi. The highest BCUT2D eigenvalue weighted by Gasteiger charge is 2.39. The highest BCUT2D eigenvalue weighted by molar-refractivity contribution is 7.93. The summed E-state index contributed by atoms with van der Waals surface area (Å²) in [5.41, 5.74) is 4.79. The average molecular weight is 744 g/mol. The fourth-order valence-corrected chi connectivity index (χ4v) is 8.50. The highest BCUT2D eigenvalue weighted by atomic mass is 32.2. The molecular weight excluding hydrogens is 699 g/mol. The maximum atomic E-state index is 14.8. The van der Waals surface area contributed by atoms with Gasteiger partial charge in [-0.1, -0.05) is 67.5 Å². The topological polar surface area (TPSA) is 137 Å². The number of esters is 1. The Balaban J connectivity index is 1.49. The van der Waals surface area contributed by atoms with Gasteiger partial charge in [-0.2, -0.15) is 0 Å². The lowest BCUT2D eigenvalue weighted by molar-refractivity contribution is -0.135. The first-order chi connectivity index (χ1) is 24.5. The van der Waals surface area contributed by atoms with Crippen molar-refractivity contribution in [2.45, 2.75) is 71.7 Å². The van der Waals surface area contributed by atoms with Crippen LogP contribution in [0.25, 0.3) is 22.2 Å². The van der Waals surface area contributed by atoms with Crippen LogP contribution in [-0.4, -0.2) is 68.6 Å². The van der Waals surface area contributed by atoms with Crippen LogP contribution in [0, 0.1) is 19.3 Å². The normalized spacial score (nSPS) is 14.7. The third-order valence-electron chi connectivity index (χ3n) is 9.49. The first kappa shape index (κ1) is 37.0. The lowest BCUT2D eigenvalue weighted by atomic mass is 9.92. The summed E-state index contributed by atoms with van der Waals surface area (Å²) in [7, 11) is -5.13. The Hall–Kier alpha value is -4.79. The van der Waals surface area contributed by atoms with Gasteiger partial charge in [-0.15, -0.1) is 0 Å². The fourth-order valence-electron chi connectivity index (χ4n) is 6.37. The number of imidazole rings is 1. The molecule has 274 valence electrons. The van der Waals surface area contributed by atoms with E-state index in [9.17, 15) is 18.0 Å². The molecule has 3 heterocycles. The Bertz CT molecular complexity index is 2270. The fraction of sp³-hybridized carbons (Fsp3) is 0.368. The van der Waals surface area contributed by atoms with Crippen LogP contribution < -0.4 is 4.31 Å². The Morgan fingerprint density at radius 3 is 2.37 bits per heavy atom. The van der Waals surface area contributed by atoms with Crippen molar-refractivity contribution >= 4 is 47.1 Å². The van der Waals surface area contributed by atoms with Crippen molar-refractivity contribution in [3.63, 3.8) is 0 Å². The van der Waals surface area contributed by atoms with Gasteiger partial charge in [0.2, 0.25) is 17.6 Å². The van der Waals surface area contributed by atoms with Crippen LogP contribution in [0.15, 0.2) is 76.1 Å². The zero-order chi connectivity index (χ0) is 37.6. The molecule has 0 bridgehead atoms. The van der Waals surface area contributed by atoms with Crippen LogP contribution in [0.5, 0.6) is 0 Å². The molecule has 2 aromatic heterocycles. The molecule has 1 aliphatic rings. The van der Waals surface area contributed by atoms with E-state index in [0.717, 1.165) is 20.9 Å². The number of fused-ring (bicyclic) bond motifs is 1. The molecule has 0 aliphatic carbocycles. The van der Waals surface area contributed by atoms with Crippen molar-refractivity contribution in [3.05, 3.63) is 94.9 Å². The summed E-state index contributed by atoms with van der Waals surface area (Å²) >= 11 is 0. The lowest BCUT2D eigenvalue weighted by Crippen LogP contribution is -2.39. The van der Waals surface area contributed by atoms with Crippen molar-refractivity contribution < 1.29 is 31.7 Å². The smallest absolute Gasteiger partial charge is 0.374 e. The predicted molar refractivity (Wildman–Crippen MR) is 201 cm³/mol. The summed E-state index contributed by atoms with van der Waals surface area (Å²) in [4.78, 5) is 32.7. The molecule has 3 aromatic carbocycles. The van der Waals surface area contributed by atoms with Gasteiger partial charge in [0, 0.05) is 36.2 Å². The number of hydrogen-bond acceptors (Lipinski definition) is 9. The minimum Gasteiger partial charge on any atom is -0.463 e. The molecule has 1 fully saturated rings. The van der Waals surface area contributed by atoms with Gasteiger partial charge in [-0.05, 0) is 74.8 Å². The van der Waals surface area contributed by atoms with E-state index in [1.165, 1.54) is 7.11 Å². The summed E-state index contributed by atoms with van der Waals surface area (Å²) in [6, 6.07) is 20.1. The quantitative estimate of drug-likeness (QED) is 0.0759. The monoisotopic (exact) mass is 743 g/mol. The number of aromatic nitrogens is 3. The van der Waals surface area contributed by atoms with Crippen LogP contribution in [0.2, 0.25) is 19.6 Å². The van der Waals surface area contributed by atoms with Gasteiger partial charge >= 0.3 is 5.97 Å². The van der Waals surface area contributed by atoms with Crippen molar-refractivity contribution in [2.75, 3.05) is 24.7 Å². The molecule has 6 rings (SSSR count). The standard InChI is InChI=1S/C38H45N5O7SSi/c1-25-26(2)40-50-35(25)43(24-49-52(6,7)8)51(46,47)33-16-12-9-13-30(33)29-18-17-27(21-28(29)23-41-20-19-38(3,4)37(41)45)22-42-32-15-11-10-14-31(32)39-34(42)36(44)48-5/h9-18,21H,19-20,22-24H2,1-8H3. The number of carbonyl (C=O) groups is 2. The second-order valence-corrected chi connectivity index (χ2v) is 21.1. The van der Waals surface area contributed by atoms with E-state index in [1.807, 2.05) is 80.9 Å². The molecule has 1 saturated heterocycles. The maximum absolute atomic E-state index is 14.8. The van der Waals surface area contributed by atoms with E-state index in [0.29, 0.717) is 40.9 Å². The van der Waals surface area contributed by atoms with E-state index in [1.54, 1.807) is 42.7 Å². The Morgan fingerprint density at radius 1 is 1.00 bits per heavy atom. The van der Waals surface area contributed by atoms with Gasteiger partial charge in [0.05, 0.1) is 28.7 Å². The van der Waals surface area contributed by atoms with Crippen LogP contribution in [0.1, 0.15) is 53.3 Å². The van der Waals surface area contributed by atoms with Gasteiger partial charge in [-0.3, -0.25) is 4.79 Å². The minimum absolute atomic E-state index is 0.0316. The maximum Gasteiger partial charge on any atom is 0.374 e. The van der Waals surface area contributed by atoms with Crippen molar-refractivity contribution in [3.8, 4) is 11.1 Å². The van der Waals surface area contributed by atoms with Gasteiger partial charge in [-0.25, -0.2) is 22.5 Å². The number of amides is 1. The number of likely N-dealkylation sites (tertiary alicyclic amines) is 1. The first-order valence-corrected chi connectivity index (χ1v) is 22.0. The molecule has 0 spiro atoms. The summed E-state index contributed by atoms with van der Waals surface area (Å²) in [5, 5.41) is 4.04.